The maximum atomic E-state index is 11.4. The molecule has 0 heterocycles. The van der Waals surface area contributed by atoms with Crippen molar-refractivity contribution in [1.29, 1.82) is 0 Å². The summed E-state index contributed by atoms with van der Waals surface area (Å²) in [5.41, 5.74) is 0. The van der Waals surface area contributed by atoms with E-state index in [2.05, 4.69) is 27.9 Å². The Labute approximate surface area is 111 Å². The zero-order valence-electron chi connectivity index (χ0n) is 12.0. The molecule has 0 fully saturated rings. The lowest BCUT2D eigenvalue weighted by Crippen LogP contribution is -2.39. The molecule has 5 nitrogen and oxygen atoms in total. The Kier molecular flexibility index (Phi) is 11.3. The van der Waals surface area contributed by atoms with Crippen LogP contribution in [0.4, 0.5) is 0 Å². The molecular formula is C13H28N4O. The molecule has 0 aliphatic heterocycles. The van der Waals surface area contributed by atoms with Crippen LogP contribution in [-0.2, 0) is 4.79 Å². The van der Waals surface area contributed by atoms with E-state index in [1.165, 1.54) is 0 Å². The summed E-state index contributed by atoms with van der Waals surface area (Å²) in [5.74, 6) is 0.892. The number of guanidine groups is 1. The quantitative estimate of drug-likeness (QED) is 0.330. The smallest absolute Gasteiger partial charge is 0.221 e. The van der Waals surface area contributed by atoms with Crippen LogP contribution in [0.15, 0.2) is 4.99 Å². The van der Waals surface area contributed by atoms with Crippen LogP contribution in [0, 0.1) is 0 Å². The third-order valence-electron chi connectivity index (χ3n) is 2.34. The van der Waals surface area contributed by atoms with E-state index in [-0.39, 0.29) is 5.91 Å². The van der Waals surface area contributed by atoms with E-state index < -0.39 is 0 Å². The highest BCUT2D eigenvalue weighted by atomic mass is 16.1. The average molecular weight is 256 g/mol. The monoisotopic (exact) mass is 256 g/mol. The van der Waals surface area contributed by atoms with Gasteiger partial charge in [-0.3, -0.25) is 9.79 Å². The molecule has 1 amide bonds. The highest BCUT2D eigenvalue weighted by Crippen LogP contribution is 1.87. The molecule has 0 aromatic heterocycles. The molecular weight excluding hydrogens is 228 g/mol. The maximum absolute atomic E-state index is 11.4. The number of carbonyl (C=O) groups is 1. The lowest BCUT2D eigenvalue weighted by atomic mass is 10.3. The van der Waals surface area contributed by atoms with E-state index in [9.17, 15) is 4.79 Å². The Morgan fingerprint density at radius 3 is 2.39 bits per heavy atom. The number of rotatable bonds is 9. The molecule has 18 heavy (non-hydrogen) atoms. The Morgan fingerprint density at radius 1 is 1.00 bits per heavy atom. The van der Waals surface area contributed by atoms with E-state index >= 15 is 0 Å². The third-order valence-corrected chi connectivity index (χ3v) is 2.34. The lowest BCUT2D eigenvalue weighted by molar-refractivity contribution is -0.120. The van der Waals surface area contributed by atoms with Crippen LogP contribution in [0.2, 0.25) is 0 Å². The predicted molar refractivity (Wildman–Crippen MR) is 76.8 cm³/mol. The van der Waals surface area contributed by atoms with Crippen LogP contribution >= 0.6 is 0 Å². The number of nitrogens with zero attached hydrogens (tertiary/aromatic N) is 1. The van der Waals surface area contributed by atoms with Gasteiger partial charge in [0.25, 0.3) is 0 Å². The summed E-state index contributed by atoms with van der Waals surface area (Å²) >= 11 is 0. The van der Waals surface area contributed by atoms with E-state index in [1.54, 1.807) is 0 Å². The van der Waals surface area contributed by atoms with Crippen LogP contribution in [0.5, 0.6) is 0 Å². The van der Waals surface area contributed by atoms with E-state index in [0.717, 1.165) is 44.9 Å². The number of amides is 1. The minimum atomic E-state index is 0.0914. The number of nitrogens with one attached hydrogen (secondary N) is 3. The summed E-state index contributed by atoms with van der Waals surface area (Å²) in [4.78, 5) is 15.8. The van der Waals surface area contributed by atoms with Gasteiger partial charge in [0.15, 0.2) is 5.96 Å². The molecule has 0 saturated carbocycles. The van der Waals surface area contributed by atoms with E-state index in [0.29, 0.717) is 13.0 Å². The van der Waals surface area contributed by atoms with E-state index in [4.69, 9.17) is 0 Å². The minimum absolute atomic E-state index is 0.0914. The fraction of sp³-hybridized carbons (Fsp3) is 0.846. The van der Waals surface area contributed by atoms with Crippen molar-refractivity contribution in [1.82, 2.24) is 16.0 Å². The Hall–Kier alpha value is -1.26. The highest BCUT2D eigenvalue weighted by Gasteiger charge is 2.01. The van der Waals surface area contributed by atoms with Crippen molar-refractivity contribution >= 4 is 11.9 Å². The van der Waals surface area contributed by atoms with Gasteiger partial charge in [-0.1, -0.05) is 20.3 Å². The molecule has 0 spiro atoms. The molecule has 0 aromatic rings. The molecule has 3 N–H and O–H groups in total. The van der Waals surface area contributed by atoms with Gasteiger partial charge in [-0.2, -0.15) is 0 Å². The number of hydrogen-bond donors (Lipinski definition) is 3. The molecule has 0 aliphatic rings. The first-order chi connectivity index (χ1) is 8.74. The SMILES string of the molecule is CCCCN=C(NCC)NCCC(=O)NCCC. The summed E-state index contributed by atoms with van der Waals surface area (Å²) in [6.45, 7) is 9.26. The lowest BCUT2D eigenvalue weighted by Gasteiger charge is -2.11. The number of hydrogen-bond acceptors (Lipinski definition) is 2. The average Bonchev–Trinajstić information content (AvgIpc) is 2.36. The second kappa shape index (κ2) is 12.2. The first-order valence-electron chi connectivity index (χ1n) is 7.03. The summed E-state index contributed by atoms with van der Waals surface area (Å²) in [6, 6.07) is 0. The molecule has 106 valence electrons. The van der Waals surface area contributed by atoms with Crippen LogP contribution in [0.3, 0.4) is 0 Å². The van der Waals surface area contributed by atoms with Crippen molar-refractivity contribution in [2.75, 3.05) is 26.2 Å². The minimum Gasteiger partial charge on any atom is -0.357 e. The topological polar surface area (TPSA) is 65.5 Å². The summed E-state index contributed by atoms with van der Waals surface area (Å²) < 4.78 is 0. The van der Waals surface area contributed by atoms with Gasteiger partial charge in [-0.15, -0.1) is 0 Å². The highest BCUT2D eigenvalue weighted by molar-refractivity contribution is 5.81. The van der Waals surface area contributed by atoms with Crippen molar-refractivity contribution in [3.8, 4) is 0 Å². The van der Waals surface area contributed by atoms with Gasteiger partial charge >= 0.3 is 0 Å². The number of carbonyl (C=O) groups excluding carboxylic acids is 1. The van der Waals surface area contributed by atoms with Crippen molar-refractivity contribution in [3.63, 3.8) is 0 Å². The summed E-state index contributed by atoms with van der Waals surface area (Å²) in [5, 5.41) is 9.18. The molecule has 0 unspecified atom stereocenters. The van der Waals surface area contributed by atoms with Crippen LogP contribution in [0.25, 0.3) is 0 Å². The van der Waals surface area contributed by atoms with Gasteiger partial charge in [0.1, 0.15) is 0 Å². The van der Waals surface area contributed by atoms with Gasteiger partial charge < -0.3 is 16.0 Å². The Balaban J connectivity index is 3.81. The van der Waals surface area contributed by atoms with Crippen molar-refractivity contribution in [2.45, 2.75) is 46.5 Å². The molecule has 0 saturated heterocycles. The van der Waals surface area contributed by atoms with Crippen molar-refractivity contribution < 1.29 is 4.79 Å². The van der Waals surface area contributed by atoms with E-state index in [1.807, 2.05) is 13.8 Å². The van der Waals surface area contributed by atoms with Gasteiger partial charge in [0, 0.05) is 32.6 Å². The summed E-state index contributed by atoms with van der Waals surface area (Å²) in [6.07, 6.45) is 3.69. The van der Waals surface area contributed by atoms with Gasteiger partial charge in [0.2, 0.25) is 5.91 Å². The number of aliphatic imine (C=N–C) groups is 1. The zero-order valence-corrected chi connectivity index (χ0v) is 12.0. The van der Waals surface area contributed by atoms with Crippen LogP contribution in [-0.4, -0.2) is 38.0 Å². The van der Waals surface area contributed by atoms with Crippen molar-refractivity contribution in [3.05, 3.63) is 0 Å². The van der Waals surface area contributed by atoms with Gasteiger partial charge in [-0.05, 0) is 19.8 Å². The van der Waals surface area contributed by atoms with Gasteiger partial charge in [0.05, 0.1) is 0 Å². The molecule has 0 rings (SSSR count). The first kappa shape index (κ1) is 16.7. The molecule has 0 aromatic carbocycles. The summed E-state index contributed by atoms with van der Waals surface area (Å²) in [7, 11) is 0. The maximum Gasteiger partial charge on any atom is 0.221 e. The standard InChI is InChI=1S/C13H28N4O/c1-4-7-10-16-13(14-6-3)17-11-8-12(18)15-9-5-2/h4-11H2,1-3H3,(H,15,18)(H2,14,16,17). The number of unbranched alkanes of at least 4 members (excludes halogenated alkanes) is 1. The van der Waals surface area contributed by atoms with Crippen molar-refractivity contribution in [2.24, 2.45) is 4.99 Å². The molecule has 0 atom stereocenters. The zero-order chi connectivity index (χ0) is 13.6. The van der Waals surface area contributed by atoms with Gasteiger partial charge in [-0.25, -0.2) is 0 Å². The predicted octanol–water partition coefficient (Wildman–Crippen LogP) is 1.26. The first-order valence-corrected chi connectivity index (χ1v) is 7.03. The third kappa shape index (κ3) is 9.93. The van der Waals surface area contributed by atoms with Crippen LogP contribution < -0.4 is 16.0 Å². The second-order valence-electron chi connectivity index (χ2n) is 4.14. The van der Waals surface area contributed by atoms with Crippen LogP contribution in [0.1, 0.15) is 46.5 Å². The largest absolute Gasteiger partial charge is 0.357 e. The fourth-order valence-corrected chi connectivity index (χ4v) is 1.34. The molecule has 0 bridgehead atoms. The molecule has 0 aliphatic carbocycles. The normalized spacial score (nSPS) is 11.2. The Bertz CT molecular complexity index is 241. The fourth-order valence-electron chi connectivity index (χ4n) is 1.34. The Morgan fingerprint density at radius 2 is 1.78 bits per heavy atom. The molecule has 0 radical (unpaired) electrons. The second-order valence-corrected chi connectivity index (χ2v) is 4.14. The molecule has 5 heteroatoms.